The van der Waals surface area contributed by atoms with Crippen LogP contribution in [0.15, 0.2) is 30.5 Å². The molecule has 0 amide bonds. The largest absolute Gasteiger partial charge is 0.490 e. The molecule has 0 atom stereocenters. The number of hydrogen-bond acceptors (Lipinski definition) is 8. The maximum atomic E-state index is 12.3. The Bertz CT molecular complexity index is 1230. The minimum atomic E-state index is -0.0509. The zero-order chi connectivity index (χ0) is 30.9. The van der Waals surface area contributed by atoms with Crippen LogP contribution in [-0.4, -0.2) is 67.3 Å². The van der Waals surface area contributed by atoms with Crippen molar-refractivity contribution in [3.05, 3.63) is 36.2 Å². The molecule has 0 unspecified atom stereocenters. The molecule has 3 aliphatic rings. The normalized spacial score (nSPS) is 22.5. The number of aromatic nitrogens is 1. The average molecular weight is 608 g/mol. The molecule has 0 spiro atoms. The van der Waals surface area contributed by atoms with E-state index in [1.165, 1.54) is 18.2 Å². The van der Waals surface area contributed by atoms with E-state index in [0.717, 1.165) is 101 Å². The van der Waals surface area contributed by atoms with Crippen LogP contribution in [0.25, 0.3) is 10.8 Å². The summed E-state index contributed by atoms with van der Waals surface area (Å²) >= 11 is 0. The highest BCUT2D eigenvalue weighted by Gasteiger charge is 2.34. The Morgan fingerprint density at radius 1 is 0.909 bits per heavy atom. The van der Waals surface area contributed by atoms with Gasteiger partial charge in [-0.2, -0.15) is 0 Å². The van der Waals surface area contributed by atoms with Gasteiger partial charge in [0.2, 0.25) is 0 Å². The van der Waals surface area contributed by atoms with Crippen molar-refractivity contribution in [3.63, 3.8) is 0 Å². The Kier molecular flexibility index (Phi) is 11.5. The number of piperidine rings is 2. The van der Waals surface area contributed by atoms with Crippen LogP contribution in [0.3, 0.4) is 0 Å². The molecule has 2 saturated heterocycles. The van der Waals surface area contributed by atoms with E-state index in [-0.39, 0.29) is 35.3 Å². The highest BCUT2D eigenvalue weighted by atomic mass is 16.5. The van der Waals surface area contributed by atoms with Gasteiger partial charge in [0, 0.05) is 18.1 Å². The second kappa shape index (κ2) is 15.5. The summed E-state index contributed by atoms with van der Waals surface area (Å²) in [6.07, 6.45) is 12.2. The molecular weight excluding hydrogens is 554 g/mol. The number of esters is 2. The summed E-state index contributed by atoms with van der Waals surface area (Å²) in [6.45, 7) is 12.0. The number of nitrogens with zero attached hydrogens (tertiary/aromatic N) is 2. The van der Waals surface area contributed by atoms with E-state index in [2.05, 4.69) is 48.3 Å². The van der Waals surface area contributed by atoms with Crippen LogP contribution in [0, 0.1) is 23.2 Å². The van der Waals surface area contributed by atoms with Crippen molar-refractivity contribution in [2.75, 3.05) is 39.4 Å². The van der Waals surface area contributed by atoms with Gasteiger partial charge in [0.15, 0.2) is 0 Å². The second-order valence-electron chi connectivity index (χ2n) is 13.9. The summed E-state index contributed by atoms with van der Waals surface area (Å²) in [5.74, 6) is 1.64. The van der Waals surface area contributed by atoms with Gasteiger partial charge in [0.1, 0.15) is 5.75 Å². The first-order valence-corrected chi connectivity index (χ1v) is 17.1. The van der Waals surface area contributed by atoms with E-state index in [1.54, 1.807) is 0 Å². The zero-order valence-electron chi connectivity index (χ0n) is 27.2. The van der Waals surface area contributed by atoms with E-state index in [1.807, 2.05) is 13.1 Å². The van der Waals surface area contributed by atoms with Gasteiger partial charge in [-0.25, -0.2) is 0 Å². The third-order valence-corrected chi connectivity index (χ3v) is 10.3. The second-order valence-corrected chi connectivity index (χ2v) is 13.9. The monoisotopic (exact) mass is 607 g/mol. The van der Waals surface area contributed by atoms with Crippen LogP contribution < -0.4 is 10.1 Å². The summed E-state index contributed by atoms with van der Waals surface area (Å²) in [4.78, 5) is 31.5. The highest BCUT2D eigenvalue weighted by Crippen LogP contribution is 2.42. The minimum absolute atomic E-state index is 0.00369. The molecule has 1 saturated carbocycles. The number of carbonyl (C=O) groups excluding carboxylic acids is 2. The molecule has 2 aliphatic heterocycles. The average Bonchev–Trinajstić information content (AvgIpc) is 3.04. The quantitative estimate of drug-likeness (QED) is 0.222. The molecule has 242 valence electrons. The molecule has 5 rings (SSSR count). The molecule has 1 aromatic heterocycles. The lowest BCUT2D eigenvalue weighted by Crippen LogP contribution is -2.36. The Morgan fingerprint density at radius 3 is 2.34 bits per heavy atom. The maximum absolute atomic E-state index is 12.3. The molecule has 1 N–H and O–H groups in total. The van der Waals surface area contributed by atoms with Crippen molar-refractivity contribution < 1.29 is 23.8 Å². The molecule has 3 fully saturated rings. The van der Waals surface area contributed by atoms with Crippen molar-refractivity contribution in [1.29, 1.82) is 0 Å². The number of rotatable bonds is 12. The van der Waals surface area contributed by atoms with E-state index in [0.29, 0.717) is 19.1 Å². The summed E-state index contributed by atoms with van der Waals surface area (Å²) in [7, 11) is 0. The van der Waals surface area contributed by atoms with Gasteiger partial charge in [-0.15, -0.1) is 0 Å². The van der Waals surface area contributed by atoms with Gasteiger partial charge in [-0.1, -0.05) is 19.9 Å². The van der Waals surface area contributed by atoms with Crippen LogP contribution in [-0.2, 0) is 25.6 Å². The van der Waals surface area contributed by atoms with Gasteiger partial charge in [0.25, 0.3) is 0 Å². The van der Waals surface area contributed by atoms with E-state index in [4.69, 9.17) is 19.2 Å². The Hall–Kier alpha value is -2.71. The molecular formula is C36H53N3O5. The van der Waals surface area contributed by atoms with Gasteiger partial charge >= 0.3 is 11.9 Å². The predicted octanol–water partition coefficient (Wildman–Crippen LogP) is 6.30. The lowest BCUT2D eigenvalue weighted by atomic mass is 9.68. The molecule has 0 radical (unpaired) electrons. The SMILES string of the molecule is CCOC(=O)C1CCN(Cc2cc3ccc(OC4CCC(C(C)(C)CCCOC(=O)C5CCNCC5)CC4)cc3cn2)CC1. The number of carbonyl (C=O) groups is 2. The fourth-order valence-corrected chi connectivity index (χ4v) is 7.38. The van der Waals surface area contributed by atoms with Gasteiger partial charge in [-0.05, 0) is 132 Å². The molecule has 8 nitrogen and oxygen atoms in total. The van der Waals surface area contributed by atoms with Crippen LogP contribution >= 0.6 is 0 Å². The van der Waals surface area contributed by atoms with Crippen LogP contribution in [0.4, 0.5) is 0 Å². The fourth-order valence-electron chi connectivity index (χ4n) is 7.38. The molecule has 1 aliphatic carbocycles. The molecule has 44 heavy (non-hydrogen) atoms. The number of ether oxygens (including phenoxy) is 3. The smallest absolute Gasteiger partial charge is 0.309 e. The standard InChI is InChI=1S/C36H53N3O5/c1-4-42-34(40)27-14-19-39(20-15-27)25-31-22-28-6-9-33(23-29(28)24-38-31)44-32-10-7-30(8-11-32)36(2,3)16-5-21-43-35(41)26-12-17-37-18-13-26/h6,9,22-24,26-27,30,32,37H,4-5,7-8,10-21,25H2,1-3H3. The summed E-state index contributed by atoms with van der Waals surface area (Å²) in [5, 5.41) is 5.58. The van der Waals surface area contributed by atoms with E-state index in [9.17, 15) is 9.59 Å². The number of nitrogens with one attached hydrogen (secondary N) is 1. The highest BCUT2D eigenvalue weighted by molar-refractivity contribution is 5.83. The number of fused-ring (bicyclic) bond motifs is 1. The van der Waals surface area contributed by atoms with Crippen molar-refractivity contribution in [2.24, 2.45) is 23.2 Å². The Morgan fingerprint density at radius 2 is 1.61 bits per heavy atom. The van der Waals surface area contributed by atoms with Crippen molar-refractivity contribution in [1.82, 2.24) is 15.2 Å². The topological polar surface area (TPSA) is 90.0 Å². The van der Waals surface area contributed by atoms with Crippen molar-refractivity contribution in [3.8, 4) is 5.75 Å². The first-order valence-electron chi connectivity index (χ1n) is 17.1. The minimum Gasteiger partial charge on any atom is -0.490 e. The van der Waals surface area contributed by atoms with E-state index < -0.39 is 0 Å². The van der Waals surface area contributed by atoms with Crippen molar-refractivity contribution >= 4 is 22.7 Å². The number of likely N-dealkylation sites (tertiary alicyclic amines) is 1. The third kappa shape index (κ3) is 8.94. The first kappa shape index (κ1) is 32.7. The predicted molar refractivity (Wildman–Crippen MR) is 172 cm³/mol. The third-order valence-electron chi connectivity index (χ3n) is 10.3. The summed E-state index contributed by atoms with van der Waals surface area (Å²) < 4.78 is 17.3. The first-order chi connectivity index (χ1) is 21.3. The number of pyridine rings is 1. The maximum Gasteiger partial charge on any atom is 0.309 e. The Balaban J connectivity index is 1.03. The lowest BCUT2D eigenvalue weighted by molar-refractivity contribution is -0.150. The number of benzene rings is 1. The van der Waals surface area contributed by atoms with Crippen LogP contribution in [0.1, 0.15) is 90.7 Å². The number of hydrogen-bond donors (Lipinski definition) is 1. The van der Waals surface area contributed by atoms with Crippen LogP contribution in [0.2, 0.25) is 0 Å². The van der Waals surface area contributed by atoms with Gasteiger partial charge in [0.05, 0.1) is 36.8 Å². The zero-order valence-corrected chi connectivity index (χ0v) is 27.2. The Labute approximate surface area is 263 Å². The fraction of sp³-hybridized carbons (Fsp3) is 0.694. The van der Waals surface area contributed by atoms with Crippen molar-refractivity contribution in [2.45, 2.75) is 97.6 Å². The molecule has 3 heterocycles. The van der Waals surface area contributed by atoms with Gasteiger partial charge in [-0.3, -0.25) is 19.5 Å². The van der Waals surface area contributed by atoms with Crippen LogP contribution in [0.5, 0.6) is 5.75 Å². The van der Waals surface area contributed by atoms with Gasteiger partial charge < -0.3 is 19.5 Å². The summed E-state index contributed by atoms with van der Waals surface area (Å²) in [5.41, 5.74) is 1.29. The summed E-state index contributed by atoms with van der Waals surface area (Å²) in [6, 6.07) is 8.55. The van der Waals surface area contributed by atoms with E-state index >= 15 is 0 Å². The molecule has 0 bridgehead atoms. The molecule has 1 aromatic carbocycles. The molecule has 8 heteroatoms. The lowest BCUT2D eigenvalue weighted by Gasteiger charge is -2.39. The molecule has 2 aromatic rings.